The fourth-order valence-corrected chi connectivity index (χ4v) is 3.93. The molecule has 35 heavy (non-hydrogen) atoms. The van der Waals surface area contributed by atoms with Gasteiger partial charge < -0.3 is 16.0 Å². The predicted octanol–water partition coefficient (Wildman–Crippen LogP) is 3.14. The number of fused-ring (bicyclic) bond motifs is 1. The van der Waals surface area contributed by atoms with E-state index in [-0.39, 0.29) is 36.2 Å². The van der Waals surface area contributed by atoms with Gasteiger partial charge in [-0.25, -0.2) is 13.4 Å². The summed E-state index contributed by atoms with van der Waals surface area (Å²) in [6.07, 6.45) is -1.43. The SMILES string of the molecule is CN(c1cccnc1CNc1nc(Nc2ccc3c(c2)NC(=O)C3)ncc1C(F)(F)F)S(C)(=O)=O. The minimum absolute atomic E-state index is 0.112. The number of amides is 1. The van der Waals surface area contributed by atoms with Gasteiger partial charge in [-0.1, -0.05) is 6.07 Å². The van der Waals surface area contributed by atoms with Gasteiger partial charge in [-0.15, -0.1) is 0 Å². The van der Waals surface area contributed by atoms with Crippen molar-refractivity contribution in [2.24, 2.45) is 0 Å². The van der Waals surface area contributed by atoms with Gasteiger partial charge in [0.2, 0.25) is 21.9 Å². The Morgan fingerprint density at radius 3 is 2.69 bits per heavy atom. The summed E-state index contributed by atoms with van der Waals surface area (Å²) >= 11 is 0. The highest BCUT2D eigenvalue weighted by Gasteiger charge is 2.35. The summed E-state index contributed by atoms with van der Waals surface area (Å²) in [6, 6.07) is 8.03. The third kappa shape index (κ3) is 5.42. The highest BCUT2D eigenvalue weighted by atomic mass is 32.2. The summed E-state index contributed by atoms with van der Waals surface area (Å²) in [7, 11) is -2.30. The number of hydrogen-bond donors (Lipinski definition) is 3. The fourth-order valence-electron chi connectivity index (χ4n) is 3.40. The molecule has 1 aromatic carbocycles. The molecular weight excluding hydrogens is 487 g/mol. The van der Waals surface area contributed by atoms with E-state index in [0.29, 0.717) is 17.6 Å². The number of benzene rings is 1. The Bertz CT molecular complexity index is 1400. The highest BCUT2D eigenvalue weighted by Crippen LogP contribution is 2.35. The van der Waals surface area contributed by atoms with Crippen LogP contribution in [0.5, 0.6) is 0 Å². The largest absolute Gasteiger partial charge is 0.421 e. The molecule has 0 bridgehead atoms. The van der Waals surface area contributed by atoms with Gasteiger partial charge in [0, 0.05) is 30.8 Å². The lowest BCUT2D eigenvalue weighted by Gasteiger charge is -2.20. The number of carbonyl (C=O) groups excluding carboxylic acids is 1. The molecule has 4 rings (SSSR count). The van der Waals surface area contributed by atoms with Crippen molar-refractivity contribution in [2.45, 2.75) is 19.1 Å². The topological polar surface area (TPSA) is 129 Å². The van der Waals surface area contributed by atoms with Gasteiger partial charge in [0.25, 0.3) is 0 Å². The molecule has 3 heterocycles. The van der Waals surface area contributed by atoms with E-state index in [9.17, 15) is 26.4 Å². The first-order chi connectivity index (χ1) is 16.4. The average Bonchev–Trinajstić information content (AvgIpc) is 3.15. The van der Waals surface area contributed by atoms with Crippen LogP contribution >= 0.6 is 0 Å². The van der Waals surface area contributed by atoms with Crippen molar-refractivity contribution in [1.82, 2.24) is 15.0 Å². The lowest BCUT2D eigenvalue weighted by atomic mass is 10.1. The summed E-state index contributed by atoms with van der Waals surface area (Å²) in [5.74, 6) is -0.771. The zero-order valence-electron chi connectivity index (χ0n) is 18.5. The number of pyridine rings is 1. The number of hydrogen-bond acceptors (Lipinski definition) is 8. The van der Waals surface area contributed by atoms with E-state index in [0.717, 1.165) is 16.1 Å². The van der Waals surface area contributed by atoms with Crippen molar-refractivity contribution in [1.29, 1.82) is 0 Å². The van der Waals surface area contributed by atoms with E-state index in [4.69, 9.17) is 0 Å². The second-order valence-electron chi connectivity index (χ2n) is 7.73. The van der Waals surface area contributed by atoms with Crippen molar-refractivity contribution < 1.29 is 26.4 Å². The Hall–Kier alpha value is -3.94. The maximum absolute atomic E-state index is 13.6. The Kier molecular flexibility index (Phi) is 6.23. The third-order valence-corrected chi connectivity index (χ3v) is 6.40. The quantitative estimate of drug-likeness (QED) is 0.445. The zero-order chi connectivity index (χ0) is 25.4. The molecule has 0 spiro atoms. The van der Waals surface area contributed by atoms with Crippen LogP contribution in [0.2, 0.25) is 0 Å². The molecule has 0 radical (unpaired) electrons. The van der Waals surface area contributed by atoms with Gasteiger partial charge in [-0.2, -0.15) is 18.2 Å². The molecule has 0 unspecified atom stereocenters. The van der Waals surface area contributed by atoms with Crippen molar-refractivity contribution in [3.63, 3.8) is 0 Å². The maximum Gasteiger partial charge on any atom is 0.421 e. The molecule has 0 saturated carbocycles. The minimum atomic E-state index is -4.74. The molecule has 1 aliphatic rings. The Morgan fingerprint density at radius 1 is 1.20 bits per heavy atom. The molecule has 10 nitrogen and oxygen atoms in total. The molecule has 184 valence electrons. The number of anilines is 5. The number of nitrogens with one attached hydrogen (secondary N) is 3. The number of alkyl halides is 3. The first-order valence-electron chi connectivity index (χ1n) is 10.2. The predicted molar refractivity (Wildman–Crippen MR) is 124 cm³/mol. The molecular formula is C21H20F3N7O3S. The van der Waals surface area contributed by atoms with Gasteiger partial charge in [-0.05, 0) is 29.8 Å². The van der Waals surface area contributed by atoms with Crippen molar-refractivity contribution in [3.8, 4) is 0 Å². The molecule has 0 aliphatic carbocycles. The third-order valence-electron chi connectivity index (χ3n) is 5.21. The van der Waals surface area contributed by atoms with E-state index < -0.39 is 27.6 Å². The Morgan fingerprint density at radius 2 is 1.97 bits per heavy atom. The normalized spacial score (nSPS) is 13.2. The van der Waals surface area contributed by atoms with Gasteiger partial charge in [0.05, 0.1) is 30.6 Å². The summed E-state index contributed by atoms with van der Waals surface area (Å²) < 4.78 is 65.6. The first-order valence-corrected chi connectivity index (χ1v) is 12.0. The summed E-state index contributed by atoms with van der Waals surface area (Å²) in [5.41, 5.74) is 1.20. The van der Waals surface area contributed by atoms with E-state index in [1.807, 2.05) is 0 Å². The Labute approximate surface area is 198 Å². The molecule has 14 heteroatoms. The minimum Gasteiger partial charge on any atom is -0.364 e. The number of nitrogens with zero attached hydrogens (tertiary/aromatic N) is 4. The molecule has 0 atom stereocenters. The smallest absolute Gasteiger partial charge is 0.364 e. The van der Waals surface area contributed by atoms with Crippen LogP contribution in [0.15, 0.2) is 42.7 Å². The molecule has 3 aromatic rings. The van der Waals surface area contributed by atoms with Crippen molar-refractivity contribution in [3.05, 3.63) is 59.5 Å². The Balaban J connectivity index is 1.61. The molecule has 1 aliphatic heterocycles. The van der Waals surface area contributed by atoms with Gasteiger partial charge in [0.1, 0.15) is 11.4 Å². The first kappa shape index (κ1) is 24.2. The molecule has 2 aromatic heterocycles. The van der Waals surface area contributed by atoms with E-state index in [1.165, 1.54) is 25.4 Å². The van der Waals surface area contributed by atoms with Crippen molar-refractivity contribution >= 4 is 44.8 Å². The lowest BCUT2D eigenvalue weighted by Crippen LogP contribution is -2.26. The number of rotatable bonds is 7. The maximum atomic E-state index is 13.6. The zero-order valence-corrected chi connectivity index (χ0v) is 19.3. The molecule has 1 amide bonds. The van der Waals surface area contributed by atoms with E-state index in [1.54, 1.807) is 18.2 Å². The average molecular weight is 507 g/mol. The van der Waals surface area contributed by atoms with E-state index >= 15 is 0 Å². The number of carbonyl (C=O) groups is 1. The van der Waals surface area contributed by atoms with Crippen molar-refractivity contribution in [2.75, 3.05) is 33.6 Å². The molecule has 0 saturated heterocycles. The fraction of sp³-hybridized carbons (Fsp3) is 0.238. The van der Waals surface area contributed by atoms with Crippen LogP contribution in [0.1, 0.15) is 16.8 Å². The second-order valence-corrected chi connectivity index (χ2v) is 9.74. The second kappa shape index (κ2) is 9.02. The standard InChI is InChI=1S/C21H20F3N7O3S/c1-31(35(2,33)34)17-4-3-7-25-16(17)11-26-19-14(21(22,23)24)10-27-20(30-19)28-13-6-5-12-8-18(32)29-15(12)9-13/h3-7,9-10H,8,11H2,1-2H3,(H,29,32)(H2,26,27,28,30). The van der Waals surface area contributed by atoms with Crippen LogP contribution in [0.4, 0.5) is 42.0 Å². The lowest BCUT2D eigenvalue weighted by molar-refractivity contribution is -0.137. The van der Waals surface area contributed by atoms with Gasteiger partial charge in [-0.3, -0.25) is 14.1 Å². The summed E-state index contributed by atoms with van der Waals surface area (Å²) in [5, 5.41) is 8.13. The summed E-state index contributed by atoms with van der Waals surface area (Å²) in [4.78, 5) is 23.4. The van der Waals surface area contributed by atoms with Crippen LogP contribution in [0.3, 0.4) is 0 Å². The molecule has 3 N–H and O–H groups in total. The van der Waals surface area contributed by atoms with Crippen LogP contribution in [-0.4, -0.2) is 42.6 Å². The van der Waals surface area contributed by atoms with E-state index in [2.05, 4.69) is 30.9 Å². The monoisotopic (exact) mass is 507 g/mol. The summed E-state index contributed by atoms with van der Waals surface area (Å²) in [6.45, 7) is -0.236. The number of sulfonamides is 1. The number of halogens is 3. The van der Waals surface area contributed by atoms with Crippen LogP contribution < -0.4 is 20.3 Å². The number of aromatic nitrogens is 3. The highest BCUT2D eigenvalue weighted by molar-refractivity contribution is 7.92. The van der Waals surface area contributed by atoms with Crippen LogP contribution in [-0.2, 0) is 34.0 Å². The van der Waals surface area contributed by atoms with Gasteiger partial charge >= 0.3 is 6.18 Å². The van der Waals surface area contributed by atoms with Crippen LogP contribution in [0.25, 0.3) is 0 Å². The molecule has 0 fully saturated rings. The van der Waals surface area contributed by atoms with Gasteiger partial charge in [0.15, 0.2) is 0 Å². The van der Waals surface area contributed by atoms with Crippen LogP contribution in [0, 0.1) is 0 Å².